The Bertz CT molecular complexity index is 706. The molecule has 0 aromatic heterocycles. The van der Waals surface area contributed by atoms with Crippen molar-refractivity contribution in [2.24, 2.45) is 0 Å². The van der Waals surface area contributed by atoms with Gasteiger partial charge < -0.3 is 10.1 Å². The molecular formula is C17H17F2NO3. The molecule has 1 heterocycles. The summed E-state index contributed by atoms with van der Waals surface area (Å²) in [4.78, 5) is 24.6. The number of hydrogen-bond acceptors (Lipinski definition) is 3. The topological polar surface area (TPSA) is 55.4 Å². The van der Waals surface area contributed by atoms with Crippen molar-refractivity contribution in [3.8, 4) is 0 Å². The summed E-state index contributed by atoms with van der Waals surface area (Å²) < 4.78 is 32.2. The van der Waals surface area contributed by atoms with Gasteiger partial charge >= 0.3 is 5.97 Å². The maximum Gasteiger partial charge on any atom is 0.335 e. The number of amides is 1. The van der Waals surface area contributed by atoms with Crippen molar-refractivity contribution in [3.63, 3.8) is 0 Å². The first-order valence-electron chi connectivity index (χ1n) is 7.64. The molecule has 3 rings (SSSR count). The zero-order chi connectivity index (χ0) is 16.6. The molecule has 122 valence electrons. The summed E-state index contributed by atoms with van der Waals surface area (Å²) in [5.41, 5.74) is -0.500. The second-order valence-electron chi connectivity index (χ2n) is 6.02. The van der Waals surface area contributed by atoms with Crippen LogP contribution in [0, 0.1) is 11.6 Å². The van der Waals surface area contributed by atoms with Gasteiger partial charge in [-0.25, -0.2) is 13.6 Å². The van der Waals surface area contributed by atoms with Gasteiger partial charge in [0.2, 0.25) is 0 Å². The predicted molar refractivity (Wildman–Crippen MR) is 79.6 cm³/mol. The van der Waals surface area contributed by atoms with Gasteiger partial charge in [-0.15, -0.1) is 0 Å². The van der Waals surface area contributed by atoms with Crippen LogP contribution in [0.25, 0.3) is 0 Å². The van der Waals surface area contributed by atoms with Crippen molar-refractivity contribution in [1.82, 2.24) is 0 Å². The number of carbonyl (C=O) groups excluding carboxylic acids is 2. The van der Waals surface area contributed by atoms with Crippen molar-refractivity contribution >= 4 is 17.6 Å². The maximum atomic E-state index is 13.7. The molecular weight excluding hydrogens is 304 g/mol. The van der Waals surface area contributed by atoms with E-state index >= 15 is 0 Å². The van der Waals surface area contributed by atoms with E-state index in [1.54, 1.807) is 6.92 Å². The Morgan fingerprint density at radius 1 is 1.22 bits per heavy atom. The lowest BCUT2D eigenvalue weighted by Gasteiger charge is -2.34. The summed E-state index contributed by atoms with van der Waals surface area (Å²) in [5.74, 6) is -2.66. The Labute approximate surface area is 132 Å². The Kier molecular flexibility index (Phi) is 3.92. The van der Waals surface area contributed by atoms with Gasteiger partial charge in [-0.05, 0) is 44.7 Å². The minimum atomic E-state index is -0.903. The zero-order valence-corrected chi connectivity index (χ0v) is 12.7. The van der Waals surface area contributed by atoms with Crippen LogP contribution < -0.4 is 5.32 Å². The number of halogens is 2. The molecule has 1 fully saturated rings. The summed E-state index contributed by atoms with van der Waals surface area (Å²) in [6.45, 7) is 1.54. The Hall–Kier alpha value is -2.24. The molecule has 4 nitrogen and oxygen atoms in total. The smallest absolute Gasteiger partial charge is 0.335 e. The van der Waals surface area contributed by atoms with Gasteiger partial charge in [-0.2, -0.15) is 0 Å². The van der Waals surface area contributed by atoms with Crippen molar-refractivity contribution in [2.45, 2.75) is 44.6 Å². The van der Waals surface area contributed by atoms with E-state index in [4.69, 9.17) is 4.74 Å². The minimum absolute atomic E-state index is 0.123. The highest BCUT2D eigenvalue weighted by molar-refractivity contribution is 6.12. The number of ether oxygens (including phenoxy) is 1. The molecule has 1 aliphatic heterocycles. The third-order valence-corrected chi connectivity index (χ3v) is 4.49. The molecule has 23 heavy (non-hydrogen) atoms. The van der Waals surface area contributed by atoms with Gasteiger partial charge in [-0.3, -0.25) is 4.79 Å². The van der Waals surface area contributed by atoms with E-state index in [0.717, 1.165) is 31.4 Å². The third kappa shape index (κ3) is 2.73. The van der Waals surface area contributed by atoms with Crippen LogP contribution in [-0.4, -0.2) is 17.5 Å². The van der Waals surface area contributed by atoms with Crippen molar-refractivity contribution in [1.29, 1.82) is 0 Å². The Balaban J connectivity index is 1.91. The minimum Gasteiger partial charge on any atom is -0.451 e. The molecule has 6 heteroatoms. The first-order valence-corrected chi connectivity index (χ1v) is 7.64. The number of nitrogens with one attached hydrogen (secondary N) is 1. The summed E-state index contributed by atoms with van der Waals surface area (Å²) in [6, 6.07) is 2.92. The third-order valence-electron chi connectivity index (χ3n) is 4.49. The summed E-state index contributed by atoms with van der Waals surface area (Å²) in [7, 11) is 0. The summed E-state index contributed by atoms with van der Waals surface area (Å²) in [6.07, 6.45) is 3.93. The lowest BCUT2D eigenvalue weighted by molar-refractivity contribution is -0.149. The fraction of sp³-hybridized carbons (Fsp3) is 0.412. The highest BCUT2D eigenvalue weighted by Crippen LogP contribution is 2.44. The van der Waals surface area contributed by atoms with E-state index in [2.05, 4.69) is 5.32 Å². The largest absolute Gasteiger partial charge is 0.451 e. The van der Waals surface area contributed by atoms with Crippen LogP contribution in [0.3, 0.4) is 0 Å². The molecule has 1 aromatic carbocycles. The summed E-state index contributed by atoms with van der Waals surface area (Å²) in [5, 5.41) is 2.43. The molecule has 1 aliphatic carbocycles. The van der Waals surface area contributed by atoms with Crippen molar-refractivity contribution in [3.05, 3.63) is 41.0 Å². The number of rotatable bonds is 2. The van der Waals surface area contributed by atoms with Gasteiger partial charge in [0.15, 0.2) is 0 Å². The normalized spacial score (nSPS) is 19.9. The van der Waals surface area contributed by atoms with Gasteiger partial charge in [0.25, 0.3) is 5.91 Å². The molecule has 0 saturated heterocycles. The van der Waals surface area contributed by atoms with Crippen molar-refractivity contribution in [2.75, 3.05) is 5.32 Å². The van der Waals surface area contributed by atoms with Gasteiger partial charge in [0, 0.05) is 11.6 Å². The maximum absolute atomic E-state index is 13.7. The van der Waals surface area contributed by atoms with Crippen LogP contribution in [-0.2, 0) is 14.3 Å². The summed E-state index contributed by atoms with van der Waals surface area (Å²) >= 11 is 0. The van der Waals surface area contributed by atoms with Crippen LogP contribution in [0.5, 0.6) is 0 Å². The molecule has 0 radical (unpaired) electrons. The number of carbonyl (C=O) groups is 2. The van der Waals surface area contributed by atoms with Crippen LogP contribution in [0.15, 0.2) is 29.3 Å². The van der Waals surface area contributed by atoms with Crippen LogP contribution in [0.4, 0.5) is 14.5 Å². The van der Waals surface area contributed by atoms with E-state index < -0.39 is 29.1 Å². The fourth-order valence-electron chi connectivity index (χ4n) is 3.38. The molecule has 0 unspecified atom stereocenters. The Morgan fingerprint density at radius 2 is 1.91 bits per heavy atom. The lowest BCUT2D eigenvalue weighted by atomic mass is 9.78. The SMILES string of the molecule is CC1=C(C(=O)Nc2ccc(F)cc2F)C2(CCCCC2)OC1=O. The highest BCUT2D eigenvalue weighted by Gasteiger charge is 2.49. The number of hydrogen-bond donors (Lipinski definition) is 1. The molecule has 1 spiro atoms. The molecule has 1 amide bonds. The van der Waals surface area contributed by atoms with E-state index in [-0.39, 0.29) is 16.8 Å². The second kappa shape index (κ2) is 5.76. The number of anilines is 1. The quantitative estimate of drug-likeness (QED) is 0.849. The molecule has 1 N–H and O–H groups in total. The molecule has 1 saturated carbocycles. The lowest BCUT2D eigenvalue weighted by Crippen LogP contribution is -2.39. The van der Waals surface area contributed by atoms with Crippen LogP contribution >= 0.6 is 0 Å². The van der Waals surface area contributed by atoms with E-state index in [1.165, 1.54) is 0 Å². The van der Waals surface area contributed by atoms with Gasteiger partial charge in [0.1, 0.15) is 17.2 Å². The molecule has 2 aliphatic rings. The first-order chi connectivity index (χ1) is 10.9. The van der Waals surface area contributed by atoms with E-state index in [0.29, 0.717) is 18.9 Å². The van der Waals surface area contributed by atoms with Crippen molar-refractivity contribution < 1.29 is 23.1 Å². The van der Waals surface area contributed by atoms with Crippen LogP contribution in [0.2, 0.25) is 0 Å². The predicted octanol–water partition coefficient (Wildman–Crippen LogP) is 3.48. The standard InChI is InChI=1S/C17H17F2NO3/c1-10-14(17(23-16(10)22)7-3-2-4-8-17)15(21)20-13-6-5-11(18)9-12(13)19/h5-6,9H,2-4,7-8H2,1H3,(H,20,21). The fourth-order valence-corrected chi connectivity index (χ4v) is 3.38. The molecule has 0 bridgehead atoms. The Morgan fingerprint density at radius 3 is 2.57 bits per heavy atom. The zero-order valence-electron chi connectivity index (χ0n) is 12.7. The van der Waals surface area contributed by atoms with E-state index in [1.807, 2.05) is 0 Å². The first kappa shape index (κ1) is 15.6. The second-order valence-corrected chi connectivity index (χ2v) is 6.02. The van der Waals surface area contributed by atoms with E-state index in [9.17, 15) is 18.4 Å². The van der Waals surface area contributed by atoms with Gasteiger partial charge in [-0.1, -0.05) is 6.42 Å². The average molecular weight is 321 g/mol. The number of esters is 1. The monoisotopic (exact) mass is 321 g/mol. The van der Waals surface area contributed by atoms with Crippen LogP contribution in [0.1, 0.15) is 39.0 Å². The molecule has 1 aromatic rings. The number of benzene rings is 1. The highest BCUT2D eigenvalue weighted by atomic mass is 19.1. The molecule has 0 atom stereocenters. The average Bonchev–Trinajstić information content (AvgIpc) is 2.73. The van der Waals surface area contributed by atoms with Gasteiger partial charge in [0.05, 0.1) is 11.3 Å².